The number of carbonyl (C=O) groups is 1. The number of methoxy groups -OCH3 is 1. The number of benzene rings is 2. The number of nitrogens with zero attached hydrogens (tertiary/aromatic N) is 4. The van der Waals surface area contributed by atoms with Crippen LogP contribution in [0.15, 0.2) is 27.9 Å². The number of carbonyl (C=O) groups excluding carboxylic acids is 1. The van der Waals surface area contributed by atoms with Crippen LogP contribution in [0, 0.1) is 18.6 Å². The molecule has 0 bridgehead atoms. The summed E-state index contributed by atoms with van der Waals surface area (Å²) < 4.78 is 41.9. The van der Waals surface area contributed by atoms with E-state index in [1.807, 2.05) is 38.7 Å². The van der Waals surface area contributed by atoms with Crippen LogP contribution in [0.25, 0.3) is 22.0 Å². The smallest absolute Gasteiger partial charge is 0.410 e. The zero-order chi connectivity index (χ0) is 28.9. The quantitative estimate of drug-likeness (QED) is 0.373. The first-order valence-corrected chi connectivity index (χ1v) is 14.4. The molecule has 8 nitrogen and oxygen atoms in total. The molecular weight excluding hydrogens is 562 g/mol. The fourth-order valence-electron chi connectivity index (χ4n) is 5.12. The van der Waals surface area contributed by atoms with E-state index in [1.54, 1.807) is 16.6 Å². The van der Waals surface area contributed by atoms with Crippen molar-refractivity contribution in [1.82, 2.24) is 14.5 Å². The van der Waals surface area contributed by atoms with Gasteiger partial charge >= 0.3 is 11.8 Å². The molecule has 40 heavy (non-hydrogen) atoms. The number of ether oxygens (including phenoxy) is 2. The molecule has 214 valence electrons. The van der Waals surface area contributed by atoms with Crippen LogP contribution in [-0.4, -0.2) is 71.3 Å². The van der Waals surface area contributed by atoms with E-state index in [-0.39, 0.29) is 29.3 Å². The summed E-state index contributed by atoms with van der Waals surface area (Å²) in [5, 5.41) is 0.548. The molecule has 5 rings (SSSR count). The lowest BCUT2D eigenvalue weighted by molar-refractivity contribution is 0.0240. The Labute approximate surface area is 240 Å². The van der Waals surface area contributed by atoms with Crippen molar-refractivity contribution in [2.24, 2.45) is 0 Å². The number of halogens is 3. The van der Waals surface area contributed by atoms with Crippen molar-refractivity contribution in [1.29, 1.82) is 0 Å². The fraction of sp³-hybridized carbons (Fsp3) is 0.464. The number of anilines is 1. The van der Waals surface area contributed by atoms with Crippen molar-refractivity contribution in [3.8, 4) is 11.1 Å². The highest BCUT2D eigenvalue weighted by atomic mass is 35.5. The Bertz CT molecular complexity index is 1550. The van der Waals surface area contributed by atoms with Gasteiger partial charge in [0.05, 0.1) is 23.2 Å². The van der Waals surface area contributed by atoms with Gasteiger partial charge < -0.3 is 19.3 Å². The summed E-state index contributed by atoms with van der Waals surface area (Å²) in [7, 11) is 1.58. The van der Waals surface area contributed by atoms with Crippen molar-refractivity contribution >= 4 is 46.2 Å². The second kappa shape index (κ2) is 10.8. The molecule has 3 aromatic rings. The van der Waals surface area contributed by atoms with Gasteiger partial charge in [-0.1, -0.05) is 11.6 Å². The van der Waals surface area contributed by atoms with Crippen LogP contribution in [0.2, 0.25) is 5.02 Å². The summed E-state index contributed by atoms with van der Waals surface area (Å²) in [6, 6.07) is 3.95. The van der Waals surface area contributed by atoms with Crippen molar-refractivity contribution in [2.75, 3.05) is 43.9 Å². The van der Waals surface area contributed by atoms with Crippen molar-refractivity contribution in [3.05, 3.63) is 50.9 Å². The largest absolute Gasteiger partial charge is 0.444 e. The average molecular weight is 593 g/mol. The predicted molar refractivity (Wildman–Crippen MR) is 153 cm³/mol. The Morgan fingerprint density at radius 3 is 2.48 bits per heavy atom. The molecule has 0 saturated carbocycles. The lowest BCUT2D eigenvalue weighted by atomic mass is 9.97. The van der Waals surface area contributed by atoms with Gasteiger partial charge in [0.15, 0.2) is 0 Å². The topological polar surface area (TPSA) is 76.9 Å². The van der Waals surface area contributed by atoms with Gasteiger partial charge in [0, 0.05) is 66.5 Å². The molecule has 3 heterocycles. The van der Waals surface area contributed by atoms with Crippen molar-refractivity contribution < 1.29 is 23.0 Å². The van der Waals surface area contributed by atoms with Gasteiger partial charge in [-0.3, -0.25) is 4.57 Å². The van der Waals surface area contributed by atoms with Gasteiger partial charge in [-0.15, -0.1) is 11.8 Å². The Morgan fingerprint density at radius 1 is 1.12 bits per heavy atom. The molecule has 2 aromatic carbocycles. The average Bonchev–Trinajstić information content (AvgIpc) is 3.08. The molecule has 2 aliphatic heterocycles. The predicted octanol–water partition coefficient (Wildman–Crippen LogP) is 5.48. The molecule has 2 aliphatic rings. The highest BCUT2D eigenvalue weighted by molar-refractivity contribution is 7.99. The van der Waals surface area contributed by atoms with Crippen LogP contribution in [0.4, 0.5) is 19.4 Å². The zero-order valence-electron chi connectivity index (χ0n) is 23.0. The fourth-order valence-corrected chi connectivity index (χ4v) is 6.65. The van der Waals surface area contributed by atoms with Crippen LogP contribution in [-0.2, 0) is 16.0 Å². The van der Waals surface area contributed by atoms with Crippen molar-refractivity contribution in [3.63, 3.8) is 0 Å². The molecule has 0 radical (unpaired) electrons. The summed E-state index contributed by atoms with van der Waals surface area (Å²) >= 11 is 7.53. The maximum Gasteiger partial charge on any atom is 0.410 e. The van der Waals surface area contributed by atoms with Gasteiger partial charge in [0.2, 0.25) is 0 Å². The number of thioether (sulfide) groups is 1. The lowest BCUT2D eigenvalue weighted by Gasteiger charge is -2.36. The number of amides is 1. The van der Waals surface area contributed by atoms with Gasteiger partial charge in [-0.05, 0) is 45.4 Å². The minimum absolute atomic E-state index is 0.160. The number of piperazine rings is 1. The van der Waals surface area contributed by atoms with E-state index >= 15 is 4.39 Å². The molecule has 0 spiro atoms. The van der Waals surface area contributed by atoms with E-state index in [9.17, 15) is 14.0 Å². The number of hydrogen-bond acceptors (Lipinski definition) is 7. The van der Waals surface area contributed by atoms with Crippen LogP contribution in [0.5, 0.6) is 0 Å². The van der Waals surface area contributed by atoms with E-state index in [0.29, 0.717) is 53.7 Å². The van der Waals surface area contributed by atoms with Gasteiger partial charge in [0.25, 0.3) is 0 Å². The van der Waals surface area contributed by atoms with E-state index in [1.165, 1.54) is 17.8 Å². The van der Waals surface area contributed by atoms with Gasteiger partial charge in [-0.2, -0.15) is 4.98 Å². The Morgan fingerprint density at radius 2 is 1.82 bits per heavy atom. The summed E-state index contributed by atoms with van der Waals surface area (Å²) in [5.74, 6) is -0.558. The minimum atomic E-state index is -0.840. The third kappa shape index (κ3) is 5.38. The third-order valence-electron chi connectivity index (χ3n) is 7.04. The highest BCUT2D eigenvalue weighted by Gasteiger charge is 2.31. The summed E-state index contributed by atoms with van der Waals surface area (Å²) in [4.78, 5) is 34.9. The first-order valence-electron chi connectivity index (χ1n) is 13.0. The molecule has 1 saturated heterocycles. The first-order chi connectivity index (χ1) is 18.9. The highest BCUT2D eigenvalue weighted by Crippen LogP contribution is 2.44. The van der Waals surface area contributed by atoms with Gasteiger partial charge in [-0.25, -0.2) is 18.4 Å². The van der Waals surface area contributed by atoms with E-state index in [0.717, 1.165) is 17.0 Å². The van der Waals surface area contributed by atoms with Crippen LogP contribution in [0.3, 0.4) is 0 Å². The number of aromatic nitrogens is 2. The SMILES string of the molecule is CO[C@@H]1CSc2c(-c3cc(Cl)c(F)cc3F)c(C)cc3c(N4CCN(C(=O)OC(C)(C)C)CC4)nc(=O)n(c23)C1. The van der Waals surface area contributed by atoms with E-state index < -0.39 is 22.9 Å². The summed E-state index contributed by atoms with van der Waals surface area (Å²) in [6.07, 6.45) is -0.658. The van der Waals surface area contributed by atoms with Crippen LogP contribution in [0.1, 0.15) is 26.3 Å². The molecule has 1 amide bonds. The summed E-state index contributed by atoms with van der Waals surface area (Å²) in [6.45, 7) is 9.33. The molecular formula is C28H31ClF2N4O4S. The molecule has 1 atom stereocenters. The summed E-state index contributed by atoms with van der Waals surface area (Å²) in [5.41, 5.74) is 1.01. The third-order valence-corrected chi connectivity index (χ3v) is 8.55. The maximum absolute atomic E-state index is 15.2. The van der Waals surface area contributed by atoms with E-state index in [2.05, 4.69) is 4.98 Å². The van der Waals surface area contributed by atoms with Crippen LogP contribution < -0.4 is 10.6 Å². The first kappa shape index (κ1) is 28.6. The molecule has 0 aliphatic carbocycles. The maximum atomic E-state index is 15.2. The molecule has 0 N–H and O–H groups in total. The number of rotatable bonds is 3. The van der Waals surface area contributed by atoms with E-state index in [4.69, 9.17) is 21.1 Å². The lowest BCUT2D eigenvalue weighted by Crippen LogP contribution is -2.50. The monoisotopic (exact) mass is 592 g/mol. The Balaban J connectivity index is 1.64. The normalized spacial score (nSPS) is 17.8. The number of aryl methyl sites for hydroxylation is 1. The molecule has 1 aromatic heterocycles. The zero-order valence-corrected chi connectivity index (χ0v) is 24.6. The minimum Gasteiger partial charge on any atom is -0.444 e. The molecule has 1 fully saturated rings. The molecule has 0 unspecified atom stereocenters. The van der Waals surface area contributed by atoms with Gasteiger partial charge in [0.1, 0.15) is 23.1 Å². The Kier molecular flexibility index (Phi) is 7.75. The number of hydrogen-bond donors (Lipinski definition) is 0. The standard InChI is InChI=1S/C28H31ClF2N4O4S/c1-15-10-18-23-24(22(15)17-11-19(29)21(31)12-20(17)30)40-14-16(38-5)13-35(23)26(36)32-25(18)33-6-8-34(9-7-33)27(37)39-28(2,3)4/h10-12,16H,6-9,13-14H2,1-5H3/t16-/m0/s1. The second-order valence-corrected chi connectivity index (χ2v) is 12.4. The molecule has 12 heteroatoms. The van der Waals surface area contributed by atoms with Crippen molar-refractivity contribution in [2.45, 2.75) is 50.8 Å². The van der Waals surface area contributed by atoms with Crippen LogP contribution >= 0.6 is 23.4 Å². The second-order valence-electron chi connectivity index (χ2n) is 11.0. The Hall–Kier alpha value is -2.89.